The van der Waals surface area contributed by atoms with Crippen LogP contribution >= 0.6 is 23.5 Å². The number of anilines is 1. The quantitative estimate of drug-likeness (QED) is 0.345. The van der Waals surface area contributed by atoms with Gasteiger partial charge in [0, 0.05) is 17.3 Å². The number of aliphatic imine (C=N–C) groups is 1. The molecule has 0 amide bonds. The van der Waals surface area contributed by atoms with Crippen LogP contribution in [0, 0.1) is 0 Å². The fourth-order valence-electron chi connectivity index (χ4n) is 1.38. The number of hydrogen-bond acceptors (Lipinski definition) is 4. The zero-order valence-electron chi connectivity index (χ0n) is 9.51. The maximum atomic E-state index is 9.01. The van der Waals surface area contributed by atoms with Crippen molar-refractivity contribution in [1.82, 2.24) is 9.79 Å². The Morgan fingerprint density at radius 2 is 2.44 bits per heavy atom. The summed E-state index contributed by atoms with van der Waals surface area (Å²) >= 11 is 7.46. The zero-order chi connectivity index (χ0) is 12.8. The topological polar surface area (TPSA) is 59.9 Å². The second-order valence-electron chi connectivity index (χ2n) is 3.54. The lowest BCUT2D eigenvalue weighted by molar-refractivity contribution is 0.233. The number of nitrogens with zero attached hydrogens (tertiary/aromatic N) is 2. The van der Waals surface area contributed by atoms with Crippen molar-refractivity contribution in [3.8, 4) is 0 Å². The average Bonchev–Trinajstić information content (AvgIpc) is 2.87. The molecule has 1 heterocycles. The third kappa shape index (κ3) is 3.92. The van der Waals surface area contributed by atoms with Crippen LogP contribution in [0.4, 0.5) is 5.69 Å². The molecule has 0 radical (unpaired) electrons. The number of rotatable bonds is 3. The highest BCUT2D eigenvalue weighted by Gasteiger charge is 2.06. The Bertz CT molecular complexity index is 458. The van der Waals surface area contributed by atoms with Gasteiger partial charge in [-0.2, -0.15) is 0 Å². The smallest absolute Gasteiger partial charge is 0.221 e. The third-order valence-corrected chi connectivity index (χ3v) is 3.31. The molecule has 1 aliphatic rings. The molecule has 96 valence electrons. The van der Waals surface area contributed by atoms with Crippen molar-refractivity contribution in [2.45, 2.75) is 0 Å². The van der Waals surface area contributed by atoms with E-state index in [0.717, 1.165) is 12.2 Å². The molecule has 0 aliphatic carbocycles. The van der Waals surface area contributed by atoms with E-state index < -0.39 is 0 Å². The van der Waals surface area contributed by atoms with Gasteiger partial charge in [0.2, 0.25) is 5.96 Å². The lowest BCUT2D eigenvalue weighted by Crippen LogP contribution is -2.29. The van der Waals surface area contributed by atoms with Crippen LogP contribution in [-0.4, -0.2) is 28.7 Å². The molecular weight excluding hydrogens is 272 g/mol. The van der Waals surface area contributed by atoms with E-state index in [9.17, 15) is 0 Å². The summed E-state index contributed by atoms with van der Waals surface area (Å²) in [5, 5.41) is 14.6. The van der Waals surface area contributed by atoms with Gasteiger partial charge >= 0.3 is 0 Å². The minimum Gasteiger partial charge on any atom is -0.325 e. The van der Waals surface area contributed by atoms with E-state index in [1.54, 1.807) is 24.1 Å². The van der Waals surface area contributed by atoms with Gasteiger partial charge in [0.05, 0.1) is 0 Å². The van der Waals surface area contributed by atoms with E-state index in [4.69, 9.17) is 16.8 Å². The molecule has 0 spiro atoms. The van der Waals surface area contributed by atoms with Crippen LogP contribution in [0.1, 0.15) is 0 Å². The van der Waals surface area contributed by atoms with Gasteiger partial charge in [0.1, 0.15) is 6.67 Å². The average molecular weight is 285 g/mol. The lowest BCUT2D eigenvalue weighted by atomic mass is 10.3. The van der Waals surface area contributed by atoms with Crippen molar-refractivity contribution < 1.29 is 5.21 Å². The fraction of sp³-hybridized carbons (Fsp3) is 0.182. The Kier molecular flexibility index (Phi) is 4.89. The molecule has 0 atom stereocenters. The number of halogens is 1. The molecule has 0 saturated heterocycles. The minimum absolute atomic E-state index is 0.282. The highest BCUT2D eigenvalue weighted by Crippen LogP contribution is 2.17. The van der Waals surface area contributed by atoms with E-state index in [1.165, 1.54) is 0 Å². The van der Waals surface area contributed by atoms with Gasteiger partial charge < -0.3 is 5.32 Å². The van der Waals surface area contributed by atoms with Gasteiger partial charge in [0.15, 0.2) is 0 Å². The third-order valence-electron chi connectivity index (χ3n) is 2.20. The summed E-state index contributed by atoms with van der Waals surface area (Å²) in [5.74, 6) is 0.282. The van der Waals surface area contributed by atoms with Gasteiger partial charge in [-0.05, 0) is 35.6 Å². The van der Waals surface area contributed by atoms with E-state index in [1.807, 2.05) is 27.3 Å². The van der Waals surface area contributed by atoms with Crippen LogP contribution in [0.5, 0.6) is 0 Å². The highest BCUT2D eigenvalue weighted by atomic mass is 35.5. The molecule has 0 saturated carbocycles. The van der Waals surface area contributed by atoms with E-state index in [-0.39, 0.29) is 5.96 Å². The standard InChI is InChI=1S/C11H13ClN4OS/c12-9-3-1-4-10(7-9)14-11(15-17)13-8-16-5-2-6-18-16/h1-4,6-7,17H,5,8H2,(H2,13,14,15). The summed E-state index contributed by atoms with van der Waals surface area (Å²) in [6.07, 6.45) is 2.05. The number of hydrogen-bond donors (Lipinski definition) is 3. The Morgan fingerprint density at radius 3 is 3.11 bits per heavy atom. The molecule has 1 aliphatic heterocycles. The minimum atomic E-state index is 0.282. The van der Waals surface area contributed by atoms with Gasteiger partial charge in [0.25, 0.3) is 0 Å². The molecule has 18 heavy (non-hydrogen) atoms. The molecule has 0 bridgehead atoms. The van der Waals surface area contributed by atoms with Crippen molar-refractivity contribution >= 4 is 35.2 Å². The first kappa shape index (κ1) is 13.2. The molecule has 7 heteroatoms. The van der Waals surface area contributed by atoms with Gasteiger partial charge in [-0.3, -0.25) is 5.21 Å². The van der Waals surface area contributed by atoms with Crippen molar-refractivity contribution in [3.63, 3.8) is 0 Å². The van der Waals surface area contributed by atoms with Crippen LogP contribution in [0.25, 0.3) is 0 Å². The second-order valence-corrected chi connectivity index (χ2v) is 4.97. The first-order valence-electron chi connectivity index (χ1n) is 5.32. The first-order chi connectivity index (χ1) is 8.78. The van der Waals surface area contributed by atoms with Crippen LogP contribution in [0.15, 0.2) is 40.7 Å². The van der Waals surface area contributed by atoms with Gasteiger partial charge in [-0.1, -0.05) is 23.7 Å². The van der Waals surface area contributed by atoms with Gasteiger partial charge in [-0.25, -0.2) is 14.8 Å². The van der Waals surface area contributed by atoms with Crippen molar-refractivity contribution in [2.24, 2.45) is 4.99 Å². The molecule has 2 rings (SSSR count). The Labute approximate surface area is 115 Å². The SMILES string of the molecule is ONC(=NCN1CC=CS1)Nc1cccc(Cl)c1. The number of hydroxylamine groups is 1. The monoisotopic (exact) mass is 284 g/mol. The molecule has 3 N–H and O–H groups in total. The number of nitrogens with one attached hydrogen (secondary N) is 2. The summed E-state index contributed by atoms with van der Waals surface area (Å²) < 4.78 is 2.04. The van der Waals surface area contributed by atoms with E-state index in [0.29, 0.717) is 11.7 Å². The van der Waals surface area contributed by atoms with Gasteiger partial charge in [-0.15, -0.1) is 0 Å². The second kappa shape index (κ2) is 6.65. The normalized spacial score (nSPS) is 16.0. The summed E-state index contributed by atoms with van der Waals surface area (Å²) in [4.78, 5) is 4.22. The van der Waals surface area contributed by atoms with Crippen LogP contribution in [0.2, 0.25) is 5.02 Å². The van der Waals surface area contributed by atoms with Crippen molar-refractivity contribution in [2.75, 3.05) is 18.5 Å². The molecule has 1 aromatic carbocycles. The molecule has 0 unspecified atom stereocenters. The zero-order valence-corrected chi connectivity index (χ0v) is 11.1. The van der Waals surface area contributed by atoms with E-state index >= 15 is 0 Å². The Morgan fingerprint density at radius 1 is 1.56 bits per heavy atom. The molecule has 1 aromatic rings. The number of guanidine groups is 1. The highest BCUT2D eigenvalue weighted by molar-refractivity contribution is 8.00. The summed E-state index contributed by atoms with van der Waals surface area (Å²) in [7, 11) is 0. The summed E-state index contributed by atoms with van der Waals surface area (Å²) in [6, 6.07) is 7.19. The molecule has 0 fully saturated rings. The molecule has 5 nitrogen and oxygen atoms in total. The lowest BCUT2D eigenvalue weighted by Gasteiger charge is -2.12. The molecule has 0 aromatic heterocycles. The Hall–Kier alpha value is -1.21. The fourth-order valence-corrected chi connectivity index (χ4v) is 2.21. The largest absolute Gasteiger partial charge is 0.325 e. The summed E-state index contributed by atoms with van der Waals surface area (Å²) in [5.41, 5.74) is 2.79. The van der Waals surface area contributed by atoms with Crippen molar-refractivity contribution in [1.29, 1.82) is 0 Å². The maximum absolute atomic E-state index is 9.01. The maximum Gasteiger partial charge on any atom is 0.221 e. The van der Waals surface area contributed by atoms with Crippen LogP contribution < -0.4 is 10.8 Å². The predicted octanol–water partition coefficient (Wildman–Crippen LogP) is 2.52. The van der Waals surface area contributed by atoms with Crippen LogP contribution in [-0.2, 0) is 0 Å². The summed E-state index contributed by atoms with van der Waals surface area (Å²) in [6.45, 7) is 1.33. The molecular formula is C11H13ClN4OS. The van der Waals surface area contributed by atoms with Crippen molar-refractivity contribution in [3.05, 3.63) is 40.8 Å². The first-order valence-corrected chi connectivity index (χ1v) is 6.53. The van der Waals surface area contributed by atoms with Crippen LogP contribution in [0.3, 0.4) is 0 Å². The Balaban J connectivity index is 1.93. The predicted molar refractivity (Wildman–Crippen MR) is 75.7 cm³/mol. The number of benzene rings is 1. The van der Waals surface area contributed by atoms with E-state index in [2.05, 4.69) is 16.4 Å².